The number of aliphatic imine (C=N–C) groups is 1. The lowest BCUT2D eigenvalue weighted by molar-refractivity contribution is -0.154. The van der Waals surface area contributed by atoms with Crippen LogP contribution in [0.25, 0.3) is 0 Å². The van der Waals surface area contributed by atoms with E-state index in [0.717, 1.165) is 6.42 Å². The maximum absolute atomic E-state index is 12.9. The van der Waals surface area contributed by atoms with E-state index in [0.29, 0.717) is 24.3 Å². The summed E-state index contributed by atoms with van der Waals surface area (Å²) in [6, 6.07) is 1.60. The number of carbonyl (C=O) groups excluding carboxylic acids is 2. The monoisotopic (exact) mass is 491 g/mol. The molecule has 1 atom stereocenters. The zero-order chi connectivity index (χ0) is 26.0. The number of amides is 1. The molecule has 1 saturated heterocycles. The van der Waals surface area contributed by atoms with Gasteiger partial charge in [0, 0.05) is 26.6 Å². The smallest absolute Gasteiger partial charge is 0.322 e. The van der Waals surface area contributed by atoms with Crippen molar-refractivity contribution < 1.29 is 33.7 Å². The maximum Gasteiger partial charge on any atom is 0.322 e. The molecule has 1 aliphatic rings. The van der Waals surface area contributed by atoms with Crippen LogP contribution in [0.3, 0.4) is 0 Å². The van der Waals surface area contributed by atoms with Crippen molar-refractivity contribution in [2.45, 2.75) is 51.7 Å². The van der Waals surface area contributed by atoms with Crippen molar-refractivity contribution in [3.63, 3.8) is 0 Å². The first-order valence-electron chi connectivity index (χ1n) is 11.2. The first-order chi connectivity index (χ1) is 16.5. The highest BCUT2D eigenvalue weighted by Crippen LogP contribution is 2.17. The van der Waals surface area contributed by atoms with Gasteiger partial charge in [-0.15, -0.1) is 10.2 Å². The van der Waals surface area contributed by atoms with Gasteiger partial charge in [0.05, 0.1) is 25.6 Å². The van der Waals surface area contributed by atoms with E-state index < -0.39 is 11.6 Å². The number of carbonyl (C=O) groups is 3. The highest BCUT2D eigenvalue weighted by atomic mass is 16.6. The maximum atomic E-state index is 12.9. The number of aromatic nitrogens is 2. The number of nitrogens with zero attached hydrogens (tertiary/aromatic N) is 4. The Morgan fingerprint density at radius 1 is 1.29 bits per heavy atom. The Hall–Kier alpha value is -3.54. The fourth-order valence-electron chi connectivity index (χ4n) is 3.25. The molecule has 1 aliphatic heterocycles. The number of aliphatic carboxylic acids is 1. The zero-order valence-corrected chi connectivity index (χ0v) is 20.7. The molecule has 12 nitrogen and oxygen atoms in total. The number of carboxylic acids is 1. The van der Waals surface area contributed by atoms with Crippen LogP contribution < -0.4 is 5.32 Å². The number of methoxy groups -OCH3 is 2. The lowest BCUT2D eigenvalue weighted by Gasteiger charge is -2.19. The second-order valence-electron chi connectivity index (χ2n) is 8.84. The van der Waals surface area contributed by atoms with Gasteiger partial charge in [-0.25, -0.2) is 4.99 Å². The molecule has 0 bridgehead atoms. The molecular formula is C23H33N5O7. The van der Waals surface area contributed by atoms with E-state index in [4.69, 9.17) is 19.3 Å². The summed E-state index contributed by atoms with van der Waals surface area (Å²) in [5.41, 5.74) is 0.453. The van der Waals surface area contributed by atoms with Gasteiger partial charge in [-0.1, -0.05) is 0 Å². The molecule has 2 heterocycles. The van der Waals surface area contributed by atoms with E-state index in [1.807, 2.05) is 0 Å². The van der Waals surface area contributed by atoms with Crippen LogP contribution in [0.1, 0.15) is 55.4 Å². The van der Waals surface area contributed by atoms with Crippen LogP contribution in [0.2, 0.25) is 0 Å². The van der Waals surface area contributed by atoms with Crippen molar-refractivity contribution in [2.24, 2.45) is 4.99 Å². The van der Waals surface area contributed by atoms with Gasteiger partial charge in [0.1, 0.15) is 17.8 Å². The number of hydrogen-bond donors (Lipinski definition) is 2. The molecule has 1 aromatic rings. The van der Waals surface area contributed by atoms with Crippen LogP contribution in [0.5, 0.6) is 0 Å². The molecule has 1 amide bonds. The topological polar surface area (TPSA) is 153 Å². The Morgan fingerprint density at radius 2 is 2.03 bits per heavy atom. The highest BCUT2D eigenvalue weighted by Gasteiger charge is 2.28. The summed E-state index contributed by atoms with van der Waals surface area (Å²) < 4.78 is 15.8. The predicted octanol–water partition coefficient (Wildman–Crippen LogP) is 1.15. The van der Waals surface area contributed by atoms with Crippen molar-refractivity contribution in [3.8, 4) is 0 Å². The fourth-order valence-corrected chi connectivity index (χ4v) is 3.25. The molecule has 1 fully saturated rings. The zero-order valence-electron chi connectivity index (χ0n) is 20.7. The summed E-state index contributed by atoms with van der Waals surface area (Å²) in [4.78, 5) is 41.7. The van der Waals surface area contributed by atoms with Gasteiger partial charge in [-0.3, -0.25) is 14.4 Å². The van der Waals surface area contributed by atoms with E-state index in [1.54, 1.807) is 38.8 Å². The van der Waals surface area contributed by atoms with E-state index in [-0.39, 0.29) is 48.9 Å². The number of hydrogen-bond acceptors (Lipinski definition) is 10. The van der Waals surface area contributed by atoms with E-state index >= 15 is 0 Å². The molecule has 0 spiro atoms. The van der Waals surface area contributed by atoms with E-state index in [1.165, 1.54) is 19.5 Å². The van der Waals surface area contributed by atoms with Crippen LogP contribution in [-0.4, -0.2) is 89.8 Å². The Balaban J connectivity index is 2.26. The van der Waals surface area contributed by atoms with Crippen LogP contribution in [0.15, 0.2) is 23.1 Å². The number of ether oxygens (including phenoxy) is 3. The van der Waals surface area contributed by atoms with Crippen LogP contribution in [0.4, 0.5) is 0 Å². The van der Waals surface area contributed by atoms with E-state index in [2.05, 4.69) is 20.5 Å². The average molecular weight is 492 g/mol. The van der Waals surface area contributed by atoms with Crippen LogP contribution in [-0.2, 0) is 30.2 Å². The second kappa shape index (κ2) is 12.8. The number of likely N-dealkylation sites (tertiary alicyclic amines) is 1. The van der Waals surface area contributed by atoms with Crippen LogP contribution >= 0.6 is 0 Å². The van der Waals surface area contributed by atoms with Gasteiger partial charge in [0.15, 0.2) is 5.69 Å². The van der Waals surface area contributed by atoms with Gasteiger partial charge in [-0.2, -0.15) is 0 Å². The molecule has 192 valence electrons. The standard InChI is InChI=1S/C23H33N5O7/c1-23(2,3)35-21(31)7-6-15-10-17(22(32)28-9-8-16(14-28)33-4)26-27-18(15)11-25-19(34-5)12-24-13-20(29)30/h10-12,16,24H,6-9,13-14H2,1-5H3,(H,29,30). The predicted molar refractivity (Wildman–Crippen MR) is 126 cm³/mol. The van der Waals surface area contributed by atoms with Gasteiger partial charge >= 0.3 is 11.9 Å². The molecule has 2 rings (SSSR count). The molecule has 0 saturated carbocycles. The molecule has 0 aliphatic carbocycles. The Kier molecular flexibility index (Phi) is 10.1. The molecular weight excluding hydrogens is 458 g/mol. The minimum atomic E-state index is -1.04. The third-order valence-electron chi connectivity index (χ3n) is 4.91. The summed E-state index contributed by atoms with van der Waals surface area (Å²) in [7, 11) is 2.99. The van der Waals surface area contributed by atoms with Gasteiger partial charge in [-0.05, 0) is 45.2 Å². The van der Waals surface area contributed by atoms with Crippen molar-refractivity contribution in [3.05, 3.63) is 35.1 Å². The van der Waals surface area contributed by atoms with Gasteiger partial charge in [0.25, 0.3) is 5.91 Å². The number of esters is 1. The Morgan fingerprint density at radius 3 is 2.63 bits per heavy atom. The van der Waals surface area contributed by atoms with Crippen molar-refractivity contribution in [1.82, 2.24) is 20.4 Å². The molecule has 12 heteroatoms. The van der Waals surface area contributed by atoms with Crippen molar-refractivity contribution >= 4 is 24.1 Å². The Labute approximate surface area is 204 Å². The summed E-state index contributed by atoms with van der Waals surface area (Å²) in [5.74, 6) is -1.59. The minimum absolute atomic E-state index is 0.0149. The summed E-state index contributed by atoms with van der Waals surface area (Å²) in [5, 5.41) is 19.5. The number of aryl methyl sites for hydroxylation is 1. The van der Waals surface area contributed by atoms with Gasteiger partial charge in [0.2, 0.25) is 5.88 Å². The van der Waals surface area contributed by atoms with Crippen molar-refractivity contribution in [1.29, 1.82) is 0 Å². The molecule has 35 heavy (non-hydrogen) atoms. The number of carboxylic acid groups (broad SMARTS) is 1. The first kappa shape index (κ1) is 27.7. The summed E-state index contributed by atoms with van der Waals surface area (Å²) in [6.07, 6.45) is 3.72. The van der Waals surface area contributed by atoms with Gasteiger partial charge < -0.3 is 29.5 Å². The molecule has 1 aromatic heterocycles. The lowest BCUT2D eigenvalue weighted by Crippen LogP contribution is -2.31. The third kappa shape index (κ3) is 9.32. The lowest BCUT2D eigenvalue weighted by atomic mass is 10.1. The third-order valence-corrected chi connectivity index (χ3v) is 4.91. The first-order valence-corrected chi connectivity index (χ1v) is 11.2. The Bertz CT molecular complexity index is 971. The normalized spacial score (nSPS) is 16.4. The summed E-state index contributed by atoms with van der Waals surface area (Å²) >= 11 is 0. The number of rotatable bonds is 11. The quantitative estimate of drug-likeness (QED) is 0.262. The van der Waals surface area contributed by atoms with E-state index in [9.17, 15) is 14.4 Å². The minimum Gasteiger partial charge on any atom is -0.480 e. The highest BCUT2D eigenvalue weighted by molar-refractivity contribution is 5.93. The molecule has 1 unspecified atom stereocenters. The second-order valence-corrected chi connectivity index (χ2v) is 8.84. The molecule has 0 radical (unpaired) electrons. The average Bonchev–Trinajstić information content (AvgIpc) is 3.27. The fraction of sp³-hybridized carbons (Fsp3) is 0.565. The van der Waals surface area contributed by atoms with Crippen molar-refractivity contribution in [2.75, 3.05) is 33.9 Å². The molecule has 2 N–H and O–H groups in total. The number of nitrogens with one attached hydrogen (secondary N) is 1. The van der Waals surface area contributed by atoms with Crippen LogP contribution in [0, 0.1) is 0 Å². The summed E-state index contributed by atoms with van der Waals surface area (Å²) in [6.45, 7) is 6.08. The largest absolute Gasteiger partial charge is 0.480 e. The SMILES string of the molecule is COC(=CNCC(=O)O)N=Cc1nnc(C(=O)N2CCC(OC)C2)cc1CCC(=O)OC(C)(C)C. The molecule has 0 aromatic carbocycles.